The highest BCUT2D eigenvalue weighted by atomic mass is 35.5. The highest BCUT2D eigenvalue weighted by Gasteiger charge is 2.24. The van der Waals surface area contributed by atoms with Crippen molar-refractivity contribution in [2.45, 2.75) is 19.6 Å². The molecular weight excluding hydrogens is 439 g/mol. The number of rotatable bonds is 9. The number of benzene rings is 2. The van der Waals surface area contributed by atoms with E-state index in [-0.39, 0.29) is 31.8 Å². The quantitative estimate of drug-likeness (QED) is 0.418. The van der Waals surface area contributed by atoms with Crippen LogP contribution in [-0.2, 0) is 25.7 Å². The molecule has 0 N–H and O–H groups in total. The van der Waals surface area contributed by atoms with E-state index < -0.39 is 5.82 Å². The van der Waals surface area contributed by atoms with Crippen molar-refractivity contribution < 1.29 is 28.2 Å². The zero-order chi connectivity index (χ0) is 22.9. The van der Waals surface area contributed by atoms with E-state index in [9.17, 15) is 9.18 Å². The van der Waals surface area contributed by atoms with Crippen LogP contribution in [0.1, 0.15) is 18.1 Å². The monoisotopic (exact) mass is 464 g/mol. The molecule has 0 saturated carbocycles. The fraction of sp³-hybridized carbons (Fsp3) is 0.391. The SMILES string of the molecule is COc1ccc(/C(C)=N\OCC(=O)N2CCOC(COCc3ccc(F)cc3Cl)C2)cc1. The topological polar surface area (TPSA) is 69.6 Å². The van der Waals surface area contributed by atoms with Crippen LogP contribution in [-0.4, -0.2) is 62.6 Å². The van der Waals surface area contributed by atoms with E-state index in [2.05, 4.69) is 5.16 Å². The van der Waals surface area contributed by atoms with E-state index in [1.165, 1.54) is 12.1 Å². The smallest absolute Gasteiger partial charge is 0.263 e. The highest BCUT2D eigenvalue weighted by Crippen LogP contribution is 2.18. The number of carbonyl (C=O) groups is 1. The molecule has 2 aromatic carbocycles. The van der Waals surface area contributed by atoms with Crippen LogP contribution in [0.3, 0.4) is 0 Å². The molecular formula is C23H26ClFN2O5. The summed E-state index contributed by atoms with van der Waals surface area (Å²) >= 11 is 6.00. The third kappa shape index (κ3) is 6.91. The van der Waals surface area contributed by atoms with Crippen molar-refractivity contribution in [2.24, 2.45) is 5.16 Å². The Morgan fingerprint density at radius 1 is 1.28 bits per heavy atom. The van der Waals surface area contributed by atoms with Crippen molar-refractivity contribution in [3.05, 3.63) is 64.4 Å². The van der Waals surface area contributed by atoms with Gasteiger partial charge in [-0.15, -0.1) is 0 Å². The van der Waals surface area contributed by atoms with E-state index in [0.29, 0.717) is 36.0 Å². The largest absolute Gasteiger partial charge is 0.497 e. The number of nitrogens with zero attached hydrogens (tertiary/aromatic N) is 2. The van der Waals surface area contributed by atoms with Gasteiger partial charge in [0.25, 0.3) is 5.91 Å². The Bertz CT molecular complexity index is 938. The molecule has 1 amide bonds. The molecule has 172 valence electrons. The molecule has 1 unspecified atom stereocenters. The van der Waals surface area contributed by atoms with Crippen LogP contribution in [0.15, 0.2) is 47.6 Å². The molecule has 0 spiro atoms. The molecule has 0 aromatic heterocycles. The summed E-state index contributed by atoms with van der Waals surface area (Å²) in [5, 5.41) is 4.35. The van der Waals surface area contributed by atoms with Gasteiger partial charge >= 0.3 is 0 Å². The molecule has 2 aromatic rings. The van der Waals surface area contributed by atoms with Gasteiger partial charge in [0.15, 0.2) is 6.61 Å². The van der Waals surface area contributed by atoms with Crippen molar-refractivity contribution >= 4 is 23.2 Å². The summed E-state index contributed by atoms with van der Waals surface area (Å²) in [4.78, 5) is 19.4. The van der Waals surface area contributed by atoms with Crippen molar-refractivity contribution in [2.75, 3.05) is 40.0 Å². The predicted octanol–water partition coefficient (Wildman–Crippen LogP) is 3.67. The molecule has 0 radical (unpaired) electrons. The fourth-order valence-corrected chi connectivity index (χ4v) is 3.37. The van der Waals surface area contributed by atoms with E-state index in [0.717, 1.165) is 11.3 Å². The third-order valence-corrected chi connectivity index (χ3v) is 5.32. The molecule has 7 nitrogen and oxygen atoms in total. The van der Waals surface area contributed by atoms with Crippen molar-refractivity contribution in [3.63, 3.8) is 0 Å². The lowest BCUT2D eigenvalue weighted by atomic mass is 10.1. The maximum atomic E-state index is 13.1. The summed E-state index contributed by atoms with van der Waals surface area (Å²) in [5.41, 5.74) is 2.23. The zero-order valence-electron chi connectivity index (χ0n) is 18.1. The van der Waals surface area contributed by atoms with E-state index in [1.54, 1.807) is 18.1 Å². The maximum Gasteiger partial charge on any atom is 0.263 e. The lowest BCUT2D eigenvalue weighted by molar-refractivity contribution is -0.146. The zero-order valence-corrected chi connectivity index (χ0v) is 18.8. The van der Waals surface area contributed by atoms with E-state index >= 15 is 0 Å². The number of halogens is 2. The van der Waals surface area contributed by atoms with Crippen molar-refractivity contribution in [3.8, 4) is 5.75 Å². The van der Waals surface area contributed by atoms with Crippen LogP contribution in [0.4, 0.5) is 4.39 Å². The number of methoxy groups -OCH3 is 1. The first-order chi connectivity index (χ1) is 15.5. The maximum absolute atomic E-state index is 13.1. The minimum absolute atomic E-state index is 0.160. The first-order valence-electron chi connectivity index (χ1n) is 10.2. The van der Waals surface area contributed by atoms with Gasteiger partial charge in [0.1, 0.15) is 11.6 Å². The second kappa shape index (κ2) is 11.8. The van der Waals surface area contributed by atoms with Crippen LogP contribution < -0.4 is 4.74 Å². The van der Waals surface area contributed by atoms with Crippen LogP contribution in [0.2, 0.25) is 5.02 Å². The molecule has 1 aliphatic rings. The van der Waals surface area contributed by atoms with Gasteiger partial charge in [-0.2, -0.15) is 0 Å². The Balaban J connectivity index is 1.42. The van der Waals surface area contributed by atoms with Gasteiger partial charge in [0, 0.05) is 18.1 Å². The van der Waals surface area contributed by atoms with Gasteiger partial charge in [0.05, 0.1) is 38.7 Å². The lowest BCUT2D eigenvalue weighted by Gasteiger charge is -2.32. The van der Waals surface area contributed by atoms with E-state index in [1.807, 2.05) is 31.2 Å². The van der Waals surface area contributed by atoms with Crippen molar-refractivity contribution in [1.82, 2.24) is 4.90 Å². The average Bonchev–Trinajstić information content (AvgIpc) is 2.80. The van der Waals surface area contributed by atoms with Gasteiger partial charge < -0.3 is 23.9 Å². The van der Waals surface area contributed by atoms with Gasteiger partial charge in [-0.3, -0.25) is 4.79 Å². The summed E-state index contributed by atoms with van der Waals surface area (Å²) in [5.74, 6) is 0.185. The summed E-state index contributed by atoms with van der Waals surface area (Å²) < 4.78 is 29.6. The summed E-state index contributed by atoms with van der Waals surface area (Å²) in [6, 6.07) is 11.6. The average molecular weight is 465 g/mol. The summed E-state index contributed by atoms with van der Waals surface area (Å²) in [6.07, 6.45) is -0.267. The first kappa shape index (κ1) is 24.0. The molecule has 9 heteroatoms. The standard InChI is InChI=1S/C23H26ClFN2O5/c1-16(17-4-7-20(29-2)8-5-17)26-32-15-23(28)27-9-10-31-21(12-27)14-30-13-18-3-6-19(25)11-22(18)24/h3-8,11,21H,9-10,12-15H2,1-2H3/b26-16-. The van der Waals surface area contributed by atoms with Gasteiger partial charge in [-0.25, -0.2) is 4.39 Å². The Morgan fingerprint density at radius 2 is 2.06 bits per heavy atom. The number of hydrogen-bond acceptors (Lipinski definition) is 6. The fourth-order valence-electron chi connectivity index (χ4n) is 3.15. The Kier molecular flexibility index (Phi) is 8.84. The number of ether oxygens (including phenoxy) is 3. The second-order valence-corrected chi connectivity index (χ2v) is 7.67. The Hall–Kier alpha value is -2.68. The van der Waals surface area contributed by atoms with Crippen molar-refractivity contribution in [1.29, 1.82) is 0 Å². The van der Waals surface area contributed by atoms with Crippen LogP contribution >= 0.6 is 11.6 Å². The van der Waals surface area contributed by atoms with Crippen LogP contribution in [0.5, 0.6) is 5.75 Å². The number of oxime groups is 1. The number of morpholine rings is 1. The molecule has 1 saturated heterocycles. The Labute approximate surface area is 191 Å². The molecule has 1 atom stereocenters. The number of amides is 1. The third-order valence-electron chi connectivity index (χ3n) is 4.97. The number of hydrogen-bond donors (Lipinski definition) is 0. The molecule has 3 rings (SSSR count). The van der Waals surface area contributed by atoms with Gasteiger partial charge in [-0.05, 0) is 54.4 Å². The predicted molar refractivity (Wildman–Crippen MR) is 119 cm³/mol. The molecule has 32 heavy (non-hydrogen) atoms. The Morgan fingerprint density at radius 3 is 2.78 bits per heavy atom. The minimum atomic E-state index is -0.394. The lowest BCUT2D eigenvalue weighted by Crippen LogP contribution is -2.48. The van der Waals surface area contributed by atoms with Crippen LogP contribution in [0.25, 0.3) is 0 Å². The second-order valence-electron chi connectivity index (χ2n) is 7.26. The highest BCUT2D eigenvalue weighted by molar-refractivity contribution is 6.31. The summed E-state index contributed by atoms with van der Waals surface area (Å²) in [6.45, 7) is 3.44. The minimum Gasteiger partial charge on any atom is -0.497 e. The van der Waals surface area contributed by atoms with E-state index in [4.69, 9.17) is 30.6 Å². The molecule has 0 bridgehead atoms. The molecule has 0 aliphatic carbocycles. The first-order valence-corrected chi connectivity index (χ1v) is 10.6. The summed E-state index contributed by atoms with van der Waals surface area (Å²) in [7, 11) is 1.61. The number of carbonyl (C=O) groups excluding carboxylic acids is 1. The molecule has 1 fully saturated rings. The van der Waals surface area contributed by atoms with Crippen LogP contribution in [0, 0.1) is 5.82 Å². The normalized spacial score (nSPS) is 16.7. The molecule has 1 aliphatic heterocycles. The van der Waals surface area contributed by atoms with Gasteiger partial charge in [-0.1, -0.05) is 22.8 Å². The van der Waals surface area contributed by atoms with Gasteiger partial charge in [0.2, 0.25) is 0 Å². The molecule has 1 heterocycles.